The maximum Gasteiger partial charge on any atom is 0.119 e. The van der Waals surface area contributed by atoms with Gasteiger partial charge < -0.3 is 10.1 Å². The molecular weight excluding hydrogens is 222 g/mol. The predicted octanol–water partition coefficient (Wildman–Crippen LogP) is 3.12. The van der Waals surface area contributed by atoms with Crippen molar-refractivity contribution in [2.45, 2.75) is 37.5 Å². The third-order valence-electron chi connectivity index (χ3n) is 4.97. The van der Waals surface area contributed by atoms with Crippen LogP contribution in [0.4, 0.5) is 0 Å². The molecule has 2 atom stereocenters. The first-order valence-electron chi connectivity index (χ1n) is 7.20. The molecule has 98 valence electrons. The number of fused-ring (bicyclic) bond motifs is 1. The Morgan fingerprint density at radius 2 is 2.17 bits per heavy atom. The molecule has 1 aromatic carbocycles. The van der Waals surface area contributed by atoms with Gasteiger partial charge >= 0.3 is 0 Å². The summed E-state index contributed by atoms with van der Waals surface area (Å²) in [4.78, 5) is 0. The number of methoxy groups -OCH3 is 1. The fourth-order valence-corrected chi connectivity index (χ4v) is 4.03. The van der Waals surface area contributed by atoms with Crippen LogP contribution in [0.3, 0.4) is 0 Å². The lowest BCUT2D eigenvalue weighted by molar-refractivity contribution is 0.305. The Bertz CT molecular complexity index is 417. The molecule has 1 N–H and O–H groups in total. The molecule has 0 amide bonds. The SMILES string of the molecule is COc1cccc(C23CCCNCC2CCC3)c1. The fraction of sp³-hybridized carbons (Fsp3) is 0.625. The Kier molecular flexibility index (Phi) is 3.29. The second kappa shape index (κ2) is 4.93. The zero-order valence-electron chi connectivity index (χ0n) is 11.2. The van der Waals surface area contributed by atoms with Gasteiger partial charge in [-0.3, -0.25) is 0 Å². The summed E-state index contributed by atoms with van der Waals surface area (Å²) in [6.45, 7) is 2.37. The minimum absolute atomic E-state index is 0.415. The lowest BCUT2D eigenvalue weighted by Crippen LogP contribution is -2.33. The molecule has 2 nitrogen and oxygen atoms in total. The molecule has 1 saturated heterocycles. The number of ether oxygens (including phenoxy) is 1. The minimum Gasteiger partial charge on any atom is -0.497 e. The zero-order valence-corrected chi connectivity index (χ0v) is 11.2. The van der Waals surface area contributed by atoms with Crippen molar-refractivity contribution in [2.24, 2.45) is 5.92 Å². The van der Waals surface area contributed by atoms with Crippen molar-refractivity contribution in [2.75, 3.05) is 20.2 Å². The van der Waals surface area contributed by atoms with E-state index in [-0.39, 0.29) is 0 Å². The van der Waals surface area contributed by atoms with Gasteiger partial charge in [0.05, 0.1) is 7.11 Å². The van der Waals surface area contributed by atoms with Crippen molar-refractivity contribution in [1.29, 1.82) is 0 Å². The molecule has 0 spiro atoms. The fourth-order valence-electron chi connectivity index (χ4n) is 4.03. The van der Waals surface area contributed by atoms with Crippen LogP contribution >= 0.6 is 0 Å². The predicted molar refractivity (Wildman–Crippen MR) is 74.1 cm³/mol. The normalized spacial score (nSPS) is 31.7. The van der Waals surface area contributed by atoms with Gasteiger partial charge in [0.1, 0.15) is 5.75 Å². The number of nitrogens with one attached hydrogen (secondary N) is 1. The summed E-state index contributed by atoms with van der Waals surface area (Å²) in [6, 6.07) is 8.78. The second-order valence-corrected chi connectivity index (χ2v) is 5.78. The van der Waals surface area contributed by atoms with Crippen LogP contribution in [0.1, 0.15) is 37.7 Å². The topological polar surface area (TPSA) is 21.3 Å². The Morgan fingerprint density at radius 3 is 3.06 bits per heavy atom. The lowest BCUT2D eigenvalue weighted by atomic mass is 9.70. The van der Waals surface area contributed by atoms with Gasteiger partial charge in [-0.15, -0.1) is 0 Å². The highest BCUT2D eigenvalue weighted by Crippen LogP contribution is 2.49. The third-order valence-corrected chi connectivity index (χ3v) is 4.97. The van der Waals surface area contributed by atoms with E-state index in [1.165, 1.54) is 50.8 Å². The van der Waals surface area contributed by atoms with Crippen molar-refractivity contribution in [3.05, 3.63) is 29.8 Å². The van der Waals surface area contributed by atoms with Gasteiger partial charge in [0.15, 0.2) is 0 Å². The molecule has 0 bridgehead atoms. The molecule has 2 fully saturated rings. The Labute approximate surface area is 110 Å². The first-order valence-corrected chi connectivity index (χ1v) is 7.20. The highest BCUT2D eigenvalue weighted by Gasteiger charge is 2.44. The van der Waals surface area contributed by atoms with Crippen molar-refractivity contribution in [3.8, 4) is 5.75 Å². The first kappa shape index (κ1) is 12.0. The van der Waals surface area contributed by atoms with E-state index in [0.717, 1.165) is 11.7 Å². The van der Waals surface area contributed by atoms with Crippen molar-refractivity contribution in [1.82, 2.24) is 5.32 Å². The molecule has 2 heteroatoms. The molecule has 1 saturated carbocycles. The summed E-state index contributed by atoms with van der Waals surface area (Å²) in [6.07, 6.45) is 6.74. The van der Waals surface area contributed by atoms with Crippen molar-refractivity contribution in [3.63, 3.8) is 0 Å². The molecule has 1 aliphatic carbocycles. The summed E-state index contributed by atoms with van der Waals surface area (Å²) in [7, 11) is 1.76. The van der Waals surface area contributed by atoms with Gasteiger partial charge in [-0.1, -0.05) is 18.6 Å². The minimum atomic E-state index is 0.415. The van der Waals surface area contributed by atoms with Gasteiger partial charge in [-0.25, -0.2) is 0 Å². The summed E-state index contributed by atoms with van der Waals surface area (Å²) in [5.74, 6) is 1.82. The Balaban J connectivity index is 1.99. The Hall–Kier alpha value is -1.02. The maximum absolute atomic E-state index is 5.41. The standard InChI is InChI=1S/C16H23NO/c1-18-15-7-2-5-13(11-15)16-8-3-6-14(16)12-17-10-4-9-16/h2,5,7,11,14,17H,3-4,6,8-10,12H2,1H3. The van der Waals surface area contributed by atoms with Gasteiger partial charge in [0.25, 0.3) is 0 Å². The van der Waals surface area contributed by atoms with E-state index in [9.17, 15) is 0 Å². The quantitative estimate of drug-likeness (QED) is 0.864. The van der Waals surface area contributed by atoms with Crippen molar-refractivity contribution >= 4 is 0 Å². The van der Waals surface area contributed by atoms with E-state index >= 15 is 0 Å². The summed E-state index contributed by atoms with van der Waals surface area (Å²) in [5, 5.41) is 3.61. The van der Waals surface area contributed by atoms with Gasteiger partial charge in [-0.05, 0) is 67.8 Å². The van der Waals surface area contributed by atoms with E-state index < -0.39 is 0 Å². The van der Waals surface area contributed by atoms with E-state index in [0.29, 0.717) is 5.41 Å². The van der Waals surface area contributed by atoms with Crippen LogP contribution < -0.4 is 10.1 Å². The Morgan fingerprint density at radius 1 is 1.28 bits per heavy atom. The molecule has 0 radical (unpaired) electrons. The molecule has 2 aliphatic rings. The molecule has 2 unspecified atom stereocenters. The average molecular weight is 245 g/mol. The zero-order chi connectivity index (χ0) is 12.4. The maximum atomic E-state index is 5.41. The molecular formula is C16H23NO. The second-order valence-electron chi connectivity index (χ2n) is 5.78. The first-order chi connectivity index (χ1) is 8.85. The van der Waals surface area contributed by atoms with E-state index in [2.05, 4.69) is 29.6 Å². The number of rotatable bonds is 2. The summed E-state index contributed by atoms with van der Waals surface area (Å²) >= 11 is 0. The largest absolute Gasteiger partial charge is 0.497 e. The van der Waals surface area contributed by atoms with E-state index in [4.69, 9.17) is 4.74 Å². The van der Waals surface area contributed by atoms with Crippen LogP contribution in [-0.2, 0) is 5.41 Å². The monoisotopic (exact) mass is 245 g/mol. The molecule has 1 aliphatic heterocycles. The number of hydrogen-bond acceptors (Lipinski definition) is 2. The summed E-state index contributed by atoms with van der Waals surface area (Å²) < 4.78 is 5.41. The van der Waals surface area contributed by atoms with Crippen LogP contribution in [0.15, 0.2) is 24.3 Å². The highest BCUT2D eigenvalue weighted by molar-refractivity contribution is 5.35. The molecule has 18 heavy (non-hydrogen) atoms. The van der Waals surface area contributed by atoms with Gasteiger partial charge in [0.2, 0.25) is 0 Å². The van der Waals surface area contributed by atoms with Gasteiger partial charge in [-0.2, -0.15) is 0 Å². The molecule has 3 rings (SSSR count). The molecule has 0 aromatic heterocycles. The summed E-state index contributed by atoms with van der Waals surface area (Å²) in [5.41, 5.74) is 1.92. The van der Waals surface area contributed by atoms with Crippen LogP contribution in [-0.4, -0.2) is 20.2 Å². The average Bonchev–Trinajstić information content (AvgIpc) is 2.73. The van der Waals surface area contributed by atoms with Gasteiger partial charge in [0, 0.05) is 0 Å². The molecule has 1 heterocycles. The van der Waals surface area contributed by atoms with Crippen LogP contribution in [0.2, 0.25) is 0 Å². The van der Waals surface area contributed by atoms with Crippen molar-refractivity contribution < 1.29 is 4.74 Å². The van der Waals surface area contributed by atoms with Crippen LogP contribution in [0, 0.1) is 5.92 Å². The smallest absolute Gasteiger partial charge is 0.119 e. The third kappa shape index (κ3) is 1.93. The number of benzene rings is 1. The highest BCUT2D eigenvalue weighted by atomic mass is 16.5. The van der Waals surface area contributed by atoms with Crippen LogP contribution in [0.25, 0.3) is 0 Å². The lowest BCUT2D eigenvalue weighted by Gasteiger charge is -2.35. The van der Waals surface area contributed by atoms with Crippen LogP contribution in [0.5, 0.6) is 5.75 Å². The van der Waals surface area contributed by atoms with E-state index in [1.807, 2.05) is 0 Å². The molecule has 1 aromatic rings. The number of hydrogen-bond donors (Lipinski definition) is 1. The van der Waals surface area contributed by atoms with E-state index in [1.54, 1.807) is 7.11 Å².